The Hall–Kier alpha value is -2.24. The van der Waals surface area contributed by atoms with E-state index in [1.807, 2.05) is 18.2 Å². The maximum Gasteiger partial charge on any atom is 0.128 e. The molecule has 2 aromatic carbocycles. The Balaban J connectivity index is 2.06. The van der Waals surface area contributed by atoms with Gasteiger partial charge < -0.3 is 5.73 Å². The fourth-order valence-electron chi connectivity index (χ4n) is 2.34. The fourth-order valence-corrected chi connectivity index (χ4v) is 2.53. The second-order valence-corrected chi connectivity index (χ2v) is 5.28. The van der Waals surface area contributed by atoms with Crippen LogP contribution in [0.4, 0.5) is 4.39 Å². The van der Waals surface area contributed by atoms with Gasteiger partial charge in [-0.25, -0.2) is 9.07 Å². The lowest BCUT2D eigenvalue weighted by molar-refractivity contribution is 0.579. The summed E-state index contributed by atoms with van der Waals surface area (Å²) in [4.78, 5) is 0. The number of aromatic nitrogens is 3. The molecule has 0 saturated carbocycles. The van der Waals surface area contributed by atoms with Crippen LogP contribution in [0.3, 0.4) is 0 Å². The van der Waals surface area contributed by atoms with Gasteiger partial charge in [0.05, 0.1) is 12.2 Å². The van der Waals surface area contributed by atoms with Crippen LogP contribution in [0.2, 0.25) is 5.02 Å². The van der Waals surface area contributed by atoms with Crippen LogP contribution in [-0.4, -0.2) is 15.0 Å². The van der Waals surface area contributed by atoms with Gasteiger partial charge in [0, 0.05) is 22.7 Å². The number of benzene rings is 2. The first-order chi connectivity index (χ1) is 10.7. The summed E-state index contributed by atoms with van der Waals surface area (Å²) < 4.78 is 15.5. The van der Waals surface area contributed by atoms with Gasteiger partial charge >= 0.3 is 0 Å². The van der Waals surface area contributed by atoms with Crippen LogP contribution < -0.4 is 5.73 Å². The van der Waals surface area contributed by atoms with Gasteiger partial charge in [-0.2, -0.15) is 0 Å². The molecule has 0 atom stereocenters. The lowest BCUT2D eigenvalue weighted by Gasteiger charge is -2.09. The van der Waals surface area contributed by atoms with E-state index >= 15 is 0 Å². The average Bonchev–Trinajstić information content (AvgIpc) is 2.92. The molecular weight excluding hydrogens is 303 g/mol. The zero-order valence-electron chi connectivity index (χ0n) is 11.7. The smallest absolute Gasteiger partial charge is 0.128 e. The summed E-state index contributed by atoms with van der Waals surface area (Å²) in [5.41, 5.74) is 8.55. The molecule has 0 unspecified atom stereocenters. The van der Waals surface area contributed by atoms with E-state index in [4.69, 9.17) is 17.3 Å². The van der Waals surface area contributed by atoms with Gasteiger partial charge in [0.2, 0.25) is 0 Å². The Kier molecular flexibility index (Phi) is 4.18. The van der Waals surface area contributed by atoms with Crippen molar-refractivity contribution in [3.05, 3.63) is 70.6 Å². The maximum absolute atomic E-state index is 13.9. The highest BCUT2D eigenvalue weighted by molar-refractivity contribution is 6.30. The monoisotopic (exact) mass is 316 g/mol. The molecule has 0 spiro atoms. The molecule has 0 radical (unpaired) electrons. The summed E-state index contributed by atoms with van der Waals surface area (Å²) in [6, 6.07) is 14.0. The summed E-state index contributed by atoms with van der Waals surface area (Å²) in [6.07, 6.45) is 0. The Bertz CT molecular complexity index is 800. The van der Waals surface area contributed by atoms with E-state index in [0.717, 1.165) is 11.3 Å². The van der Waals surface area contributed by atoms with E-state index in [9.17, 15) is 4.39 Å². The second-order valence-electron chi connectivity index (χ2n) is 4.85. The minimum Gasteiger partial charge on any atom is -0.325 e. The van der Waals surface area contributed by atoms with Crippen molar-refractivity contribution >= 4 is 11.6 Å². The van der Waals surface area contributed by atoms with E-state index < -0.39 is 0 Å². The fraction of sp³-hybridized carbons (Fsp3) is 0.125. The highest BCUT2D eigenvalue weighted by atomic mass is 35.5. The van der Waals surface area contributed by atoms with Gasteiger partial charge in [-0.1, -0.05) is 47.1 Å². The van der Waals surface area contributed by atoms with Crippen molar-refractivity contribution < 1.29 is 4.39 Å². The van der Waals surface area contributed by atoms with E-state index in [1.54, 1.807) is 28.9 Å². The predicted octanol–water partition coefficient (Wildman–Crippen LogP) is 3.24. The number of nitrogens with zero attached hydrogens (tertiary/aromatic N) is 3. The maximum atomic E-state index is 13.9. The standard InChI is InChI=1S/C16H14ClFN4/c17-13-6-3-5-11(8-13)16-15(9-19)20-21-22(16)10-12-4-1-2-7-14(12)18/h1-8H,9-10,19H2. The molecule has 0 bridgehead atoms. The lowest BCUT2D eigenvalue weighted by Crippen LogP contribution is -2.07. The van der Waals surface area contributed by atoms with E-state index in [0.29, 0.717) is 16.3 Å². The normalized spacial score (nSPS) is 10.9. The van der Waals surface area contributed by atoms with Crippen LogP contribution >= 0.6 is 11.6 Å². The van der Waals surface area contributed by atoms with Crippen molar-refractivity contribution in [3.63, 3.8) is 0 Å². The van der Waals surface area contributed by atoms with Crippen LogP contribution in [0.25, 0.3) is 11.3 Å². The Morgan fingerprint density at radius 2 is 1.95 bits per heavy atom. The van der Waals surface area contributed by atoms with E-state index in [-0.39, 0.29) is 18.9 Å². The van der Waals surface area contributed by atoms with Crippen LogP contribution in [0.5, 0.6) is 0 Å². The number of halogens is 2. The Labute approximate surface area is 132 Å². The Morgan fingerprint density at radius 3 is 2.68 bits per heavy atom. The molecule has 0 amide bonds. The van der Waals surface area contributed by atoms with Crippen molar-refractivity contribution in [2.75, 3.05) is 0 Å². The van der Waals surface area contributed by atoms with Gasteiger partial charge in [-0.05, 0) is 18.2 Å². The SMILES string of the molecule is NCc1nnn(Cc2ccccc2F)c1-c1cccc(Cl)c1. The number of nitrogens with two attached hydrogens (primary N) is 1. The van der Waals surface area contributed by atoms with Crippen molar-refractivity contribution in [1.82, 2.24) is 15.0 Å². The topological polar surface area (TPSA) is 56.7 Å². The number of hydrogen-bond acceptors (Lipinski definition) is 3. The first-order valence-corrected chi connectivity index (χ1v) is 7.18. The van der Waals surface area contributed by atoms with Crippen molar-refractivity contribution in [2.24, 2.45) is 5.73 Å². The van der Waals surface area contributed by atoms with E-state index in [2.05, 4.69) is 10.3 Å². The molecule has 1 aromatic heterocycles. The summed E-state index contributed by atoms with van der Waals surface area (Å²) in [7, 11) is 0. The second kappa shape index (κ2) is 6.25. The zero-order chi connectivity index (χ0) is 15.5. The van der Waals surface area contributed by atoms with Gasteiger partial charge in [-0.3, -0.25) is 0 Å². The largest absolute Gasteiger partial charge is 0.325 e. The van der Waals surface area contributed by atoms with E-state index in [1.165, 1.54) is 6.07 Å². The summed E-state index contributed by atoms with van der Waals surface area (Å²) >= 11 is 6.05. The predicted molar refractivity (Wildman–Crippen MR) is 83.9 cm³/mol. The summed E-state index contributed by atoms with van der Waals surface area (Å²) in [5.74, 6) is -0.274. The third kappa shape index (κ3) is 2.86. The molecule has 2 N–H and O–H groups in total. The van der Waals surface area contributed by atoms with Crippen LogP contribution in [0.1, 0.15) is 11.3 Å². The number of hydrogen-bond donors (Lipinski definition) is 1. The molecule has 6 heteroatoms. The molecule has 4 nitrogen and oxygen atoms in total. The van der Waals surface area contributed by atoms with Crippen LogP contribution in [0.15, 0.2) is 48.5 Å². The third-order valence-electron chi connectivity index (χ3n) is 3.37. The average molecular weight is 317 g/mol. The quantitative estimate of drug-likeness (QED) is 0.804. The molecule has 1 heterocycles. The summed E-state index contributed by atoms with van der Waals surface area (Å²) in [6.45, 7) is 0.528. The minimum absolute atomic E-state index is 0.249. The van der Waals surface area contributed by atoms with Gasteiger partial charge in [0.1, 0.15) is 11.5 Å². The first-order valence-electron chi connectivity index (χ1n) is 6.81. The first kappa shape index (κ1) is 14.7. The van der Waals surface area contributed by atoms with Gasteiger partial charge in [0.25, 0.3) is 0 Å². The molecule has 0 saturated heterocycles. The van der Waals surface area contributed by atoms with Crippen LogP contribution in [-0.2, 0) is 13.1 Å². The molecule has 112 valence electrons. The zero-order valence-corrected chi connectivity index (χ0v) is 12.5. The molecule has 3 rings (SSSR count). The molecular formula is C16H14ClFN4. The molecule has 0 aliphatic rings. The van der Waals surface area contributed by atoms with Crippen molar-refractivity contribution in [2.45, 2.75) is 13.1 Å². The van der Waals surface area contributed by atoms with Crippen LogP contribution in [0, 0.1) is 5.82 Å². The van der Waals surface area contributed by atoms with Crippen molar-refractivity contribution in [3.8, 4) is 11.3 Å². The lowest BCUT2D eigenvalue weighted by atomic mass is 10.1. The third-order valence-corrected chi connectivity index (χ3v) is 3.61. The molecule has 0 aliphatic carbocycles. The molecule has 0 aliphatic heterocycles. The minimum atomic E-state index is -0.274. The molecule has 3 aromatic rings. The molecule has 22 heavy (non-hydrogen) atoms. The van der Waals surface area contributed by atoms with Gasteiger partial charge in [-0.15, -0.1) is 5.10 Å². The number of rotatable bonds is 4. The highest BCUT2D eigenvalue weighted by Crippen LogP contribution is 2.25. The summed E-state index contributed by atoms with van der Waals surface area (Å²) in [5, 5.41) is 8.81. The van der Waals surface area contributed by atoms with Gasteiger partial charge in [0.15, 0.2) is 0 Å². The molecule has 0 fully saturated rings. The van der Waals surface area contributed by atoms with Crippen molar-refractivity contribution in [1.29, 1.82) is 0 Å². The Morgan fingerprint density at radius 1 is 1.14 bits per heavy atom. The highest BCUT2D eigenvalue weighted by Gasteiger charge is 2.15.